The van der Waals surface area contributed by atoms with E-state index in [1.165, 1.54) is 77.9 Å². The zero-order valence-electron chi connectivity index (χ0n) is 37.9. The van der Waals surface area contributed by atoms with Crippen LogP contribution < -0.4 is 4.90 Å². The molecule has 1 aromatic heterocycles. The van der Waals surface area contributed by atoms with Crippen molar-refractivity contribution in [1.29, 1.82) is 0 Å². The summed E-state index contributed by atoms with van der Waals surface area (Å²) in [5.41, 5.74) is 22.1. The molecule has 0 fully saturated rings. The Morgan fingerprint density at radius 3 is 1.37 bits per heavy atom. The fourth-order valence-corrected chi connectivity index (χ4v) is 10.9. The zero-order valence-corrected chi connectivity index (χ0v) is 37.9. The fourth-order valence-electron chi connectivity index (χ4n) is 10.9. The number of furan rings is 1. The summed E-state index contributed by atoms with van der Waals surface area (Å²) in [5, 5.41) is 2.29. The van der Waals surface area contributed by atoms with Crippen LogP contribution in [-0.4, -0.2) is 0 Å². The summed E-state index contributed by atoms with van der Waals surface area (Å²) in [7, 11) is 0. The molecule has 0 N–H and O–H groups in total. The highest BCUT2D eigenvalue weighted by molar-refractivity contribution is 6.13. The van der Waals surface area contributed by atoms with Gasteiger partial charge in [-0.1, -0.05) is 199 Å². The summed E-state index contributed by atoms with van der Waals surface area (Å²) in [6.07, 6.45) is 0. The molecule has 314 valence electrons. The van der Waals surface area contributed by atoms with Gasteiger partial charge >= 0.3 is 0 Å². The van der Waals surface area contributed by atoms with Gasteiger partial charge in [-0.15, -0.1) is 0 Å². The minimum Gasteiger partial charge on any atom is -0.455 e. The maximum absolute atomic E-state index is 6.99. The SMILES string of the molecule is CC(C)(C)c1ccc2c(c1)C1(c3cc(C(C)(C)C)ccc3-2)c2cc(N(c3ccc(-c4ccccc4)cc3)c3ccc(-c4ccccc4)cc3)ccc2-c2c1ccc1c2oc2ccccc21. The first-order valence-electron chi connectivity index (χ1n) is 23.0. The highest BCUT2D eigenvalue weighted by Crippen LogP contribution is 2.65. The molecule has 1 spiro atoms. The summed E-state index contributed by atoms with van der Waals surface area (Å²) < 4.78 is 6.99. The number of rotatable bonds is 5. The molecule has 0 saturated heterocycles. The van der Waals surface area contributed by atoms with Gasteiger partial charge in [-0.05, 0) is 126 Å². The molecule has 12 rings (SSSR count). The third-order valence-corrected chi connectivity index (χ3v) is 14.2. The summed E-state index contributed by atoms with van der Waals surface area (Å²) in [5.74, 6) is 0. The van der Waals surface area contributed by atoms with Gasteiger partial charge in [-0.3, -0.25) is 0 Å². The Labute approximate surface area is 382 Å². The second-order valence-corrected chi connectivity index (χ2v) is 20.1. The van der Waals surface area contributed by atoms with E-state index in [0.29, 0.717) is 0 Å². The van der Waals surface area contributed by atoms with Crippen molar-refractivity contribution in [2.45, 2.75) is 57.8 Å². The molecule has 2 heteroatoms. The lowest BCUT2D eigenvalue weighted by Gasteiger charge is -2.34. The molecule has 9 aromatic carbocycles. The highest BCUT2D eigenvalue weighted by atomic mass is 16.3. The van der Waals surface area contributed by atoms with E-state index in [-0.39, 0.29) is 10.8 Å². The van der Waals surface area contributed by atoms with Crippen LogP contribution in [0.25, 0.3) is 66.4 Å². The average Bonchev–Trinajstić information content (AvgIpc) is 3.95. The standard InChI is InChI=1S/C63H51NO/c1-61(2,3)44-25-32-49-50-33-26-45(62(4,5)6)38-56(50)63(55(49)37-44)54-36-35-52-51-19-13-14-20-58(51)65-60(52)59(54)53-34-31-48(39-57(53)63)64(46-27-21-42(22-28-46)40-15-9-7-10-16-40)47-29-23-43(24-30-47)41-17-11-8-12-18-41/h7-39H,1-6H3. The number of anilines is 3. The van der Waals surface area contributed by atoms with Crippen LogP contribution in [0.3, 0.4) is 0 Å². The molecule has 1 heterocycles. The second-order valence-electron chi connectivity index (χ2n) is 20.1. The molecule has 65 heavy (non-hydrogen) atoms. The Bertz CT molecular complexity index is 3320. The number of para-hydroxylation sites is 1. The largest absolute Gasteiger partial charge is 0.455 e. The molecule has 0 saturated carbocycles. The lowest BCUT2D eigenvalue weighted by atomic mass is 9.68. The molecule has 10 aromatic rings. The Hall–Kier alpha value is -7.42. The van der Waals surface area contributed by atoms with Crippen molar-refractivity contribution in [2.24, 2.45) is 0 Å². The van der Waals surface area contributed by atoms with E-state index in [1.807, 2.05) is 0 Å². The first kappa shape index (κ1) is 39.2. The second kappa shape index (κ2) is 14.3. The molecule has 0 unspecified atom stereocenters. The van der Waals surface area contributed by atoms with Crippen molar-refractivity contribution in [1.82, 2.24) is 0 Å². The molecule has 0 aliphatic heterocycles. The van der Waals surface area contributed by atoms with Crippen LogP contribution in [0.1, 0.15) is 74.9 Å². The smallest absolute Gasteiger partial charge is 0.143 e. The summed E-state index contributed by atoms with van der Waals surface area (Å²) in [4.78, 5) is 2.44. The van der Waals surface area contributed by atoms with Gasteiger partial charge in [0.1, 0.15) is 11.2 Å². The Kier molecular flexibility index (Phi) is 8.62. The van der Waals surface area contributed by atoms with Gasteiger partial charge in [-0.25, -0.2) is 0 Å². The number of hydrogen-bond acceptors (Lipinski definition) is 2. The molecule has 0 amide bonds. The third-order valence-electron chi connectivity index (χ3n) is 14.2. The minimum absolute atomic E-state index is 0.0506. The van der Waals surface area contributed by atoms with Crippen molar-refractivity contribution >= 4 is 39.0 Å². The first-order valence-corrected chi connectivity index (χ1v) is 23.0. The molecule has 2 aliphatic rings. The van der Waals surface area contributed by atoms with Crippen LogP contribution >= 0.6 is 0 Å². The van der Waals surface area contributed by atoms with Crippen molar-refractivity contribution in [3.05, 3.63) is 234 Å². The molecule has 0 radical (unpaired) electrons. The molecular weight excluding hydrogens is 787 g/mol. The quantitative estimate of drug-likeness (QED) is 0.172. The average molecular weight is 838 g/mol. The van der Waals surface area contributed by atoms with Crippen LogP contribution in [0.2, 0.25) is 0 Å². The topological polar surface area (TPSA) is 16.4 Å². The van der Waals surface area contributed by atoms with Gasteiger partial charge in [-0.2, -0.15) is 0 Å². The van der Waals surface area contributed by atoms with E-state index in [9.17, 15) is 0 Å². The maximum atomic E-state index is 6.99. The zero-order chi connectivity index (χ0) is 44.2. The van der Waals surface area contributed by atoms with Crippen LogP contribution in [0.4, 0.5) is 17.1 Å². The number of benzene rings is 9. The predicted octanol–water partition coefficient (Wildman–Crippen LogP) is 17.3. The summed E-state index contributed by atoms with van der Waals surface area (Å²) in [6.45, 7) is 14.0. The molecule has 0 atom stereocenters. The molecule has 0 bridgehead atoms. The molecule has 2 aliphatic carbocycles. The lowest BCUT2D eigenvalue weighted by molar-refractivity contribution is 0.586. The first-order chi connectivity index (χ1) is 31.5. The monoisotopic (exact) mass is 837 g/mol. The van der Waals surface area contributed by atoms with Crippen molar-refractivity contribution in [3.8, 4) is 44.5 Å². The molecular formula is C63H51NO. The van der Waals surface area contributed by atoms with Crippen LogP contribution in [0.5, 0.6) is 0 Å². The van der Waals surface area contributed by atoms with Crippen molar-refractivity contribution in [2.75, 3.05) is 4.90 Å². The number of nitrogens with zero attached hydrogens (tertiary/aromatic N) is 1. The van der Waals surface area contributed by atoms with Gasteiger partial charge in [0.05, 0.1) is 5.41 Å². The van der Waals surface area contributed by atoms with Crippen LogP contribution in [-0.2, 0) is 16.2 Å². The van der Waals surface area contributed by atoms with E-state index >= 15 is 0 Å². The maximum Gasteiger partial charge on any atom is 0.143 e. The van der Waals surface area contributed by atoms with Gasteiger partial charge < -0.3 is 9.32 Å². The van der Waals surface area contributed by atoms with Gasteiger partial charge in [0, 0.05) is 33.4 Å². The third kappa shape index (κ3) is 6.00. The summed E-state index contributed by atoms with van der Waals surface area (Å²) >= 11 is 0. The van der Waals surface area contributed by atoms with Crippen LogP contribution in [0, 0.1) is 0 Å². The summed E-state index contributed by atoms with van der Waals surface area (Å²) in [6, 6.07) is 74.4. The predicted molar refractivity (Wildman–Crippen MR) is 273 cm³/mol. The van der Waals surface area contributed by atoms with E-state index in [4.69, 9.17) is 4.42 Å². The van der Waals surface area contributed by atoms with Crippen molar-refractivity contribution < 1.29 is 4.42 Å². The van der Waals surface area contributed by atoms with Gasteiger partial charge in [0.2, 0.25) is 0 Å². The Morgan fingerprint density at radius 2 is 0.831 bits per heavy atom. The van der Waals surface area contributed by atoms with Crippen LogP contribution in [0.15, 0.2) is 205 Å². The fraction of sp³-hybridized carbons (Fsp3) is 0.143. The Morgan fingerprint density at radius 1 is 0.369 bits per heavy atom. The van der Waals surface area contributed by atoms with E-state index in [0.717, 1.165) is 39.0 Å². The van der Waals surface area contributed by atoms with E-state index < -0.39 is 5.41 Å². The number of hydrogen-bond donors (Lipinski definition) is 0. The normalized spacial score (nSPS) is 13.5. The van der Waals surface area contributed by atoms with Gasteiger partial charge in [0.25, 0.3) is 0 Å². The Balaban J connectivity index is 1.16. The van der Waals surface area contributed by atoms with E-state index in [1.54, 1.807) is 0 Å². The highest BCUT2D eigenvalue weighted by Gasteiger charge is 2.53. The van der Waals surface area contributed by atoms with Gasteiger partial charge in [0.15, 0.2) is 0 Å². The molecule has 2 nitrogen and oxygen atoms in total. The van der Waals surface area contributed by atoms with Crippen molar-refractivity contribution in [3.63, 3.8) is 0 Å². The lowest BCUT2D eigenvalue weighted by Crippen LogP contribution is -2.27. The van der Waals surface area contributed by atoms with E-state index in [2.05, 4.69) is 247 Å². The number of fused-ring (bicyclic) bond motifs is 14. The minimum atomic E-state index is -0.610.